The highest BCUT2D eigenvalue weighted by atomic mass is 15.0. The van der Waals surface area contributed by atoms with Gasteiger partial charge in [-0.3, -0.25) is 0 Å². The summed E-state index contributed by atoms with van der Waals surface area (Å²) in [5, 5.41) is 3.45. The minimum Gasteiger partial charge on any atom is -0.353 e. The molecule has 2 nitrogen and oxygen atoms in total. The second kappa shape index (κ2) is 5.05. The van der Waals surface area contributed by atoms with E-state index in [0.717, 1.165) is 12.5 Å². The smallest absolute Gasteiger partial charge is 0.0335 e. The number of aromatic nitrogens is 1. The first-order chi connectivity index (χ1) is 7.70. The summed E-state index contributed by atoms with van der Waals surface area (Å²) in [5.74, 6) is 0.726. The first-order valence-electron chi connectivity index (χ1n) is 6.56. The second-order valence-corrected chi connectivity index (χ2v) is 5.42. The zero-order valence-corrected chi connectivity index (χ0v) is 10.8. The second-order valence-electron chi connectivity index (χ2n) is 5.42. The summed E-state index contributed by atoms with van der Waals surface area (Å²) in [7, 11) is 2.08. The van der Waals surface area contributed by atoms with Gasteiger partial charge in [0.05, 0.1) is 0 Å². The van der Waals surface area contributed by atoms with Gasteiger partial charge in [0, 0.05) is 25.0 Å². The van der Waals surface area contributed by atoms with E-state index in [4.69, 9.17) is 0 Å². The monoisotopic (exact) mass is 220 g/mol. The molecule has 1 N–H and O–H groups in total. The summed E-state index contributed by atoms with van der Waals surface area (Å²) < 4.78 is 2.38. The summed E-state index contributed by atoms with van der Waals surface area (Å²) in [6.45, 7) is 5.70. The van der Waals surface area contributed by atoms with Crippen LogP contribution in [-0.2, 0) is 13.0 Å². The van der Waals surface area contributed by atoms with E-state index in [2.05, 4.69) is 43.2 Å². The number of fused-ring (bicyclic) bond motifs is 1. The van der Waals surface area contributed by atoms with E-state index in [9.17, 15) is 0 Å². The van der Waals surface area contributed by atoms with Gasteiger partial charge >= 0.3 is 0 Å². The third-order valence-corrected chi connectivity index (χ3v) is 3.49. The molecular weight excluding hydrogens is 196 g/mol. The molecule has 1 atom stereocenters. The maximum atomic E-state index is 3.45. The molecule has 1 aromatic heterocycles. The van der Waals surface area contributed by atoms with Gasteiger partial charge in [-0.25, -0.2) is 0 Å². The summed E-state index contributed by atoms with van der Waals surface area (Å²) in [6.07, 6.45) is 9.97. The molecule has 1 aliphatic carbocycles. The SMILES string of the molecule is CNC1CCCCc2cn(CC(C)C)cc21. The molecule has 0 bridgehead atoms. The van der Waals surface area contributed by atoms with E-state index in [1.165, 1.54) is 25.7 Å². The highest BCUT2D eigenvalue weighted by Crippen LogP contribution is 2.29. The Hall–Kier alpha value is -0.760. The average Bonchev–Trinajstić information content (AvgIpc) is 2.51. The minimum atomic E-state index is 0.575. The van der Waals surface area contributed by atoms with Gasteiger partial charge in [-0.05, 0) is 43.4 Å². The first kappa shape index (κ1) is 11.7. The van der Waals surface area contributed by atoms with Crippen LogP contribution >= 0.6 is 0 Å². The molecule has 1 aromatic rings. The van der Waals surface area contributed by atoms with E-state index in [1.54, 1.807) is 11.1 Å². The lowest BCUT2D eigenvalue weighted by Crippen LogP contribution is -2.15. The predicted octanol–water partition coefficient (Wildman–Crippen LogP) is 3.13. The number of nitrogens with zero attached hydrogens (tertiary/aromatic N) is 1. The van der Waals surface area contributed by atoms with Crippen LogP contribution in [0.5, 0.6) is 0 Å². The zero-order valence-electron chi connectivity index (χ0n) is 10.8. The highest BCUT2D eigenvalue weighted by molar-refractivity contribution is 5.29. The zero-order chi connectivity index (χ0) is 11.5. The van der Waals surface area contributed by atoms with Gasteiger partial charge in [0.25, 0.3) is 0 Å². The maximum Gasteiger partial charge on any atom is 0.0335 e. The van der Waals surface area contributed by atoms with E-state index in [0.29, 0.717) is 6.04 Å². The minimum absolute atomic E-state index is 0.575. The van der Waals surface area contributed by atoms with Crippen molar-refractivity contribution in [3.63, 3.8) is 0 Å². The van der Waals surface area contributed by atoms with Crippen LogP contribution in [0.4, 0.5) is 0 Å². The van der Waals surface area contributed by atoms with Crippen molar-refractivity contribution in [2.45, 2.75) is 52.1 Å². The quantitative estimate of drug-likeness (QED) is 0.774. The number of aryl methyl sites for hydroxylation is 1. The molecule has 0 radical (unpaired) electrons. The number of rotatable bonds is 3. The Labute approximate surface area is 99.0 Å². The molecule has 1 aliphatic rings. The Morgan fingerprint density at radius 1 is 1.38 bits per heavy atom. The molecular formula is C14H24N2. The van der Waals surface area contributed by atoms with Gasteiger partial charge < -0.3 is 9.88 Å². The third-order valence-electron chi connectivity index (χ3n) is 3.49. The lowest BCUT2D eigenvalue weighted by Gasteiger charge is -2.13. The van der Waals surface area contributed by atoms with Crippen molar-refractivity contribution in [3.8, 4) is 0 Å². The molecule has 0 amide bonds. The summed E-state index contributed by atoms with van der Waals surface area (Å²) in [4.78, 5) is 0. The average molecular weight is 220 g/mol. The van der Waals surface area contributed by atoms with Crippen molar-refractivity contribution < 1.29 is 0 Å². The van der Waals surface area contributed by atoms with Crippen LogP contribution in [0.1, 0.15) is 50.3 Å². The fourth-order valence-corrected chi connectivity index (χ4v) is 2.74. The number of nitrogens with one attached hydrogen (secondary N) is 1. The van der Waals surface area contributed by atoms with Gasteiger partial charge in [0.1, 0.15) is 0 Å². The molecule has 2 heteroatoms. The Morgan fingerprint density at radius 3 is 2.88 bits per heavy atom. The fraction of sp³-hybridized carbons (Fsp3) is 0.714. The normalized spacial score (nSPS) is 20.9. The van der Waals surface area contributed by atoms with E-state index >= 15 is 0 Å². The van der Waals surface area contributed by atoms with Crippen LogP contribution in [0.15, 0.2) is 12.4 Å². The molecule has 2 rings (SSSR count). The van der Waals surface area contributed by atoms with Crippen LogP contribution in [0.25, 0.3) is 0 Å². The van der Waals surface area contributed by atoms with Crippen molar-refractivity contribution in [1.29, 1.82) is 0 Å². The Balaban J connectivity index is 2.23. The van der Waals surface area contributed by atoms with Crippen LogP contribution in [0.3, 0.4) is 0 Å². The van der Waals surface area contributed by atoms with Crippen LogP contribution in [0, 0.1) is 5.92 Å². The van der Waals surface area contributed by atoms with E-state index in [1.807, 2.05) is 0 Å². The Morgan fingerprint density at radius 2 is 2.19 bits per heavy atom. The van der Waals surface area contributed by atoms with Gasteiger partial charge in [-0.2, -0.15) is 0 Å². The lowest BCUT2D eigenvalue weighted by atomic mass is 10.1. The van der Waals surface area contributed by atoms with Crippen molar-refractivity contribution in [3.05, 3.63) is 23.5 Å². The van der Waals surface area contributed by atoms with Crippen LogP contribution in [0.2, 0.25) is 0 Å². The summed E-state index contributed by atoms with van der Waals surface area (Å²) in [6, 6.07) is 0.575. The molecule has 1 heterocycles. The lowest BCUT2D eigenvalue weighted by molar-refractivity contribution is 0.509. The summed E-state index contributed by atoms with van der Waals surface area (Å²) >= 11 is 0. The molecule has 0 fully saturated rings. The van der Waals surface area contributed by atoms with Crippen molar-refractivity contribution in [1.82, 2.24) is 9.88 Å². The van der Waals surface area contributed by atoms with Crippen LogP contribution < -0.4 is 5.32 Å². The molecule has 16 heavy (non-hydrogen) atoms. The van der Waals surface area contributed by atoms with Gasteiger partial charge in [0.2, 0.25) is 0 Å². The molecule has 0 saturated heterocycles. The van der Waals surface area contributed by atoms with Crippen molar-refractivity contribution in [2.24, 2.45) is 5.92 Å². The highest BCUT2D eigenvalue weighted by Gasteiger charge is 2.19. The molecule has 1 unspecified atom stereocenters. The van der Waals surface area contributed by atoms with Crippen molar-refractivity contribution in [2.75, 3.05) is 7.05 Å². The van der Waals surface area contributed by atoms with Crippen molar-refractivity contribution >= 4 is 0 Å². The first-order valence-corrected chi connectivity index (χ1v) is 6.56. The Bertz CT molecular complexity index is 339. The topological polar surface area (TPSA) is 17.0 Å². The van der Waals surface area contributed by atoms with Gasteiger partial charge in [0.15, 0.2) is 0 Å². The third kappa shape index (κ3) is 2.49. The van der Waals surface area contributed by atoms with Crippen LogP contribution in [-0.4, -0.2) is 11.6 Å². The van der Waals surface area contributed by atoms with E-state index < -0.39 is 0 Å². The fourth-order valence-electron chi connectivity index (χ4n) is 2.74. The predicted molar refractivity (Wildman–Crippen MR) is 68.6 cm³/mol. The largest absolute Gasteiger partial charge is 0.353 e. The summed E-state index contributed by atoms with van der Waals surface area (Å²) in [5.41, 5.74) is 3.11. The Kier molecular flexibility index (Phi) is 3.70. The molecule has 90 valence electrons. The van der Waals surface area contributed by atoms with Gasteiger partial charge in [-0.1, -0.05) is 20.3 Å². The standard InChI is InChI=1S/C14H24N2/c1-11(2)8-16-9-12-6-4-5-7-14(15-3)13(12)10-16/h9-11,14-15H,4-8H2,1-3H3. The molecule has 0 aliphatic heterocycles. The molecule has 0 aromatic carbocycles. The molecule has 0 spiro atoms. The van der Waals surface area contributed by atoms with E-state index in [-0.39, 0.29) is 0 Å². The van der Waals surface area contributed by atoms with Gasteiger partial charge in [-0.15, -0.1) is 0 Å². The number of hydrogen-bond acceptors (Lipinski definition) is 1. The maximum absolute atomic E-state index is 3.45. The number of hydrogen-bond donors (Lipinski definition) is 1. The molecule has 0 saturated carbocycles.